The zero-order chi connectivity index (χ0) is 13.6. The Morgan fingerprint density at radius 2 is 1.65 bits per heavy atom. The Hall–Kier alpha value is -1.52. The van der Waals surface area contributed by atoms with Gasteiger partial charge < -0.3 is 5.11 Å². The van der Waals surface area contributed by atoms with E-state index in [1.165, 1.54) is 6.07 Å². The van der Waals surface area contributed by atoms with E-state index < -0.39 is 0 Å². The van der Waals surface area contributed by atoms with Gasteiger partial charge in [-0.3, -0.25) is 14.5 Å². The smallest absolute Gasteiger partial charge is 0.264 e. The summed E-state index contributed by atoms with van der Waals surface area (Å²) < 4.78 is 0. The maximum atomic E-state index is 12.3. The Morgan fingerprint density at radius 3 is 2.20 bits per heavy atom. The molecule has 0 saturated heterocycles. The quantitative estimate of drug-likeness (QED) is 0.640. The molecule has 0 atom stereocenters. The molecule has 0 spiro atoms. The molecule has 1 N–H and O–H groups in total. The number of rotatable bonds is 1. The molecule has 1 heterocycles. The summed E-state index contributed by atoms with van der Waals surface area (Å²) in [5.74, 6) is -0.833. The summed E-state index contributed by atoms with van der Waals surface area (Å²) in [5, 5.41) is 9.48. The van der Waals surface area contributed by atoms with E-state index >= 15 is 0 Å². The molecule has 97 valence electrons. The first-order valence-electron chi connectivity index (χ1n) is 5.78. The molecule has 4 nitrogen and oxygen atoms in total. The van der Waals surface area contributed by atoms with Crippen molar-refractivity contribution in [3.05, 3.63) is 59.2 Å². The number of aromatic hydroxyl groups is 1. The van der Waals surface area contributed by atoms with Crippen LogP contribution in [0, 0.1) is 13.0 Å². The molecular weight excluding hydrogens is 331 g/mol. The molecule has 1 aliphatic rings. The maximum absolute atomic E-state index is 12.3. The number of carbonyl (C=O) groups excluding carboxylic acids is 2. The van der Waals surface area contributed by atoms with E-state index in [1.807, 2.05) is 0 Å². The molecule has 0 bridgehead atoms. The van der Waals surface area contributed by atoms with E-state index in [0.29, 0.717) is 22.4 Å². The first-order valence-corrected chi connectivity index (χ1v) is 5.78. The van der Waals surface area contributed by atoms with Crippen molar-refractivity contribution in [3.63, 3.8) is 0 Å². The Balaban J connectivity index is 0.00000147. The molecule has 0 saturated carbocycles. The Kier molecular flexibility index (Phi) is 4.07. The maximum Gasteiger partial charge on any atom is 0.264 e. The second kappa shape index (κ2) is 5.46. The van der Waals surface area contributed by atoms with Crippen LogP contribution in [0.1, 0.15) is 26.3 Å². The molecule has 0 unspecified atom stereocenters. The van der Waals surface area contributed by atoms with Gasteiger partial charge in [0.25, 0.3) is 11.8 Å². The summed E-state index contributed by atoms with van der Waals surface area (Å²) in [6, 6.07) is 12.2. The number of hydrogen-bond donors (Lipinski definition) is 1. The van der Waals surface area contributed by atoms with Gasteiger partial charge in [0, 0.05) is 38.5 Å². The van der Waals surface area contributed by atoms with Crippen LogP contribution in [0.2, 0.25) is 0 Å². The minimum atomic E-state index is -0.366. The number of carbonyl (C=O) groups is 2. The number of amides is 2. The fourth-order valence-corrected chi connectivity index (χ4v) is 2.19. The molecule has 5 heteroatoms. The number of phenolic OH excluding ortho intramolecular Hbond substituents is 1. The van der Waals surface area contributed by atoms with Gasteiger partial charge in [0.05, 0.1) is 11.1 Å². The van der Waals surface area contributed by atoms with Crippen LogP contribution in [0.25, 0.3) is 0 Å². The van der Waals surface area contributed by atoms with Crippen LogP contribution in [0.4, 0.5) is 5.69 Å². The topological polar surface area (TPSA) is 57.6 Å². The first-order chi connectivity index (χ1) is 9.09. The van der Waals surface area contributed by atoms with Gasteiger partial charge in [0.15, 0.2) is 0 Å². The van der Waals surface area contributed by atoms with E-state index in [-0.39, 0.29) is 50.3 Å². The van der Waals surface area contributed by atoms with Gasteiger partial charge in [-0.2, -0.15) is 6.07 Å². The number of hydrogen-bond acceptors (Lipinski definition) is 3. The Morgan fingerprint density at radius 1 is 1.10 bits per heavy atom. The largest absolute Gasteiger partial charge is 0.534 e. The van der Waals surface area contributed by atoms with Crippen LogP contribution in [0.5, 0.6) is 5.75 Å². The van der Waals surface area contributed by atoms with Crippen molar-refractivity contribution < 1.29 is 47.4 Å². The molecule has 3 rings (SSSR count). The fourth-order valence-electron chi connectivity index (χ4n) is 2.19. The standard InChI is InChI=1S/C15H10NO3.Y/c1-9-6-7-10(17)8-13(9)16-14(18)11-4-2-3-5-12(11)15(16)19;/h2-6,8,17H,1H3;/q-1;. The van der Waals surface area contributed by atoms with Crippen LogP contribution in [-0.4, -0.2) is 16.9 Å². The number of phenols is 1. The van der Waals surface area contributed by atoms with Crippen molar-refractivity contribution in [2.24, 2.45) is 0 Å². The van der Waals surface area contributed by atoms with Crippen molar-refractivity contribution in [2.45, 2.75) is 6.92 Å². The van der Waals surface area contributed by atoms with E-state index in [4.69, 9.17) is 0 Å². The number of anilines is 1. The zero-order valence-electron chi connectivity index (χ0n) is 10.8. The Labute approximate surface area is 141 Å². The monoisotopic (exact) mass is 341 g/mol. The van der Waals surface area contributed by atoms with Gasteiger partial charge in [-0.15, -0.1) is 17.7 Å². The molecule has 0 aliphatic carbocycles. The molecule has 20 heavy (non-hydrogen) atoms. The van der Waals surface area contributed by atoms with Gasteiger partial charge >= 0.3 is 0 Å². The average Bonchev–Trinajstić information content (AvgIpc) is 2.66. The SMILES string of the molecule is Cc1c[c-]c(O)cc1N1C(=O)c2ccccc2C1=O.[Y]. The van der Waals surface area contributed by atoms with Crippen molar-refractivity contribution in [3.8, 4) is 5.75 Å². The van der Waals surface area contributed by atoms with Gasteiger partial charge in [0.1, 0.15) is 0 Å². The van der Waals surface area contributed by atoms with E-state index in [9.17, 15) is 14.7 Å². The number of aryl methyl sites for hydroxylation is 1. The molecule has 0 aromatic heterocycles. The molecule has 2 amide bonds. The number of nitrogens with zero attached hydrogens (tertiary/aromatic N) is 1. The van der Waals surface area contributed by atoms with Crippen LogP contribution < -0.4 is 4.90 Å². The number of fused-ring (bicyclic) bond motifs is 1. The summed E-state index contributed by atoms with van der Waals surface area (Å²) in [4.78, 5) is 25.7. The first kappa shape index (κ1) is 14.9. The van der Waals surface area contributed by atoms with Crippen LogP contribution in [-0.2, 0) is 32.7 Å². The van der Waals surface area contributed by atoms with Gasteiger partial charge in [0.2, 0.25) is 0 Å². The second-order valence-electron chi connectivity index (χ2n) is 4.38. The molecule has 2 aromatic carbocycles. The van der Waals surface area contributed by atoms with Gasteiger partial charge in [-0.1, -0.05) is 19.1 Å². The van der Waals surface area contributed by atoms with Crippen molar-refractivity contribution in [2.75, 3.05) is 4.90 Å². The van der Waals surface area contributed by atoms with Crippen LogP contribution in [0.15, 0.2) is 36.4 Å². The zero-order valence-corrected chi connectivity index (χ0v) is 13.6. The number of benzene rings is 2. The molecule has 1 radical (unpaired) electrons. The fraction of sp³-hybridized carbons (Fsp3) is 0.0667. The predicted molar refractivity (Wildman–Crippen MR) is 69.3 cm³/mol. The van der Waals surface area contributed by atoms with E-state index in [2.05, 4.69) is 6.07 Å². The third-order valence-corrected chi connectivity index (χ3v) is 3.15. The normalized spacial score (nSPS) is 13.2. The minimum absolute atomic E-state index is 0. The summed E-state index contributed by atoms with van der Waals surface area (Å²) in [7, 11) is 0. The summed E-state index contributed by atoms with van der Waals surface area (Å²) >= 11 is 0. The second-order valence-corrected chi connectivity index (χ2v) is 4.38. The van der Waals surface area contributed by atoms with Crippen molar-refractivity contribution >= 4 is 17.5 Å². The molecule has 1 aliphatic heterocycles. The molecular formula is C15H10NO3Y-. The summed E-state index contributed by atoms with van der Waals surface area (Å²) in [6.07, 6.45) is 0. The summed E-state index contributed by atoms with van der Waals surface area (Å²) in [6.45, 7) is 1.76. The van der Waals surface area contributed by atoms with E-state index in [0.717, 1.165) is 4.90 Å². The van der Waals surface area contributed by atoms with Crippen molar-refractivity contribution in [1.82, 2.24) is 0 Å². The van der Waals surface area contributed by atoms with Crippen LogP contribution >= 0.6 is 0 Å². The third-order valence-electron chi connectivity index (χ3n) is 3.15. The van der Waals surface area contributed by atoms with Gasteiger partial charge in [-0.05, 0) is 17.8 Å². The predicted octanol–water partition coefficient (Wildman–Crippen LogP) is 2.30. The van der Waals surface area contributed by atoms with Gasteiger partial charge in [-0.25, -0.2) is 0 Å². The molecule has 2 aromatic rings. The average molecular weight is 341 g/mol. The van der Waals surface area contributed by atoms with Crippen LogP contribution in [0.3, 0.4) is 0 Å². The number of imide groups is 1. The van der Waals surface area contributed by atoms with Crippen molar-refractivity contribution in [1.29, 1.82) is 0 Å². The Bertz CT molecular complexity index is 677. The minimum Gasteiger partial charge on any atom is -0.534 e. The third kappa shape index (κ3) is 2.19. The molecule has 0 fully saturated rings. The van der Waals surface area contributed by atoms with E-state index in [1.54, 1.807) is 37.3 Å². The summed E-state index contributed by atoms with van der Waals surface area (Å²) in [5.41, 5.74) is 1.87.